The molecule has 0 saturated carbocycles. The lowest BCUT2D eigenvalue weighted by Gasteiger charge is -2.35. The summed E-state index contributed by atoms with van der Waals surface area (Å²) in [5.74, 6) is 0.170. The van der Waals surface area contributed by atoms with Gasteiger partial charge in [-0.1, -0.05) is 0 Å². The molecule has 0 spiro atoms. The summed E-state index contributed by atoms with van der Waals surface area (Å²) in [5, 5.41) is 3.20. The first-order chi connectivity index (χ1) is 7.58. The summed E-state index contributed by atoms with van der Waals surface area (Å²) in [6.45, 7) is 4.70. The van der Waals surface area contributed by atoms with E-state index in [4.69, 9.17) is 10.5 Å². The molecule has 5 nitrogen and oxygen atoms in total. The number of carbonyl (C=O) groups is 1. The molecule has 86 valence electrons. The van der Waals surface area contributed by atoms with Crippen molar-refractivity contribution in [1.29, 1.82) is 0 Å². The summed E-state index contributed by atoms with van der Waals surface area (Å²) < 4.78 is 5.70. The maximum Gasteiger partial charge on any atom is 0.267 e. The number of primary amides is 1. The van der Waals surface area contributed by atoms with Gasteiger partial charge in [-0.05, 0) is 25.5 Å². The fraction of sp³-hybridized carbons (Fsp3) is 0.455. The number of nitrogens with one attached hydrogen (secondary N) is 1. The van der Waals surface area contributed by atoms with Gasteiger partial charge >= 0.3 is 0 Å². The van der Waals surface area contributed by atoms with Crippen molar-refractivity contribution >= 4 is 5.91 Å². The number of nitrogens with two attached hydrogens (primary N) is 1. The van der Waals surface area contributed by atoms with E-state index in [-0.39, 0.29) is 6.10 Å². The Morgan fingerprint density at radius 2 is 2.44 bits per heavy atom. The van der Waals surface area contributed by atoms with Crippen LogP contribution in [0.15, 0.2) is 12.3 Å². The molecule has 16 heavy (non-hydrogen) atoms. The number of pyridine rings is 1. The van der Waals surface area contributed by atoms with E-state index in [1.54, 1.807) is 13.0 Å². The monoisotopic (exact) mass is 221 g/mol. The van der Waals surface area contributed by atoms with Gasteiger partial charge in [-0.15, -0.1) is 0 Å². The van der Waals surface area contributed by atoms with Crippen molar-refractivity contribution in [3.05, 3.63) is 23.5 Å². The first-order valence-electron chi connectivity index (χ1n) is 5.24. The molecular weight excluding hydrogens is 206 g/mol. The quantitative estimate of drug-likeness (QED) is 0.766. The zero-order valence-electron chi connectivity index (χ0n) is 9.36. The van der Waals surface area contributed by atoms with E-state index >= 15 is 0 Å². The minimum atomic E-state index is -0.511. The Labute approximate surface area is 94.0 Å². The van der Waals surface area contributed by atoms with E-state index in [0.717, 1.165) is 12.1 Å². The molecule has 1 aliphatic rings. The Balaban J connectivity index is 2.11. The lowest BCUT2D eigenvalue weighted by Crippen LogP contribution is -2.58. The Morgan fingerprint density at radius 1 is 1.69 bits per heavy atom. The maximum absolute atomic E-state index is 11.0. The van der Waals surface area contributed by atoms with Crippen LogP contribution in [0.1, 0.15) is 23.0 Å². The molecule has 1 fully saturated rings. The van der Waals surface area contributed by atoms with E-state index in [1.807, 2.05) is 0 Å². The van der Waals surface area contributed by atoms with E-state index in [1.165, 1.54) is 6.20 Å². The molecule has 1 saturated heterocycles. The van der Waals surface area contributed by atoms with E-state index in [9.17, 15) is 4.79 Å². The Bertz CT molecular complexity index is 420. The summed E-state index contributed by atoms with van der Waals surface area (Å²) in [4.78, 5) is 15.0. The number of ether oxygens (including phenoxy) is 1. The molecule has 1 aliphatic heterocycles. The predicted molar refractivity (Wildman–Crippen MR) is 59.4 cm³/mol. The molecule has 0 aliphatic carbocycles. The smallest absolute Gasteiger partial charge is 0.267 e. The molecule has 3 N–H and O–H groups in total. The topological polar surface area (TPSA) is 77.2 Å². The number of hydrogen-bond acceptors (Lipinski definition) is 4. The minimum absolute atomic E-state index is 0.181. The molecule has 5 heteroatoms. The van der Waals surface area contributed by atoms with Crippen LogP contribution in [0.5, 0.6) is 5.75 Å². The molecule has 2 rings (SSSR count). The average molecular weight is 221 g/mol. The van der Waals surface area contributed by atoms with Gasteiger partial charge in [0.25, 0.3) is 5.91 Å². The van der Waals surface area contributed by atoms with Crippen LogP contribution >= 0.6 is 0 Å². The number of carbonyl (C=O) groups excluding carboxylic acids is 1. The highest BCUT2D eigenvalue weighted by Gasteiger charge is 2.28. The first kappa shape index (κ1) is 10.9. The summed E-state index contributed by atoms with van der Waals surface area (Å²) in [5.41, 5.74) is 6.21. The zero-order valence-corrected chi connectivity index (χ0v) is 9.36. The molecule has 2 atom stereocenters. The minimum Gasteiger partial charge on any atom is -0.486 e. The lowest BCUT2D eigenvalue weighted by atomic mass is 10.1. The third-order valence-electron chi connectivity index (χ3n) is 2.77. The highest BCUT2D eigenvalue weighted by molar-refractivity contribution is 5.92. The van der Waals surface area contributed by atoms with Crippen molar-refractivity contribution in [1.82, 2.24) is 10.3 Å². The van der Waals surface area contributed by atoms with E-state index < -0.39 is 5.91 Å². The Morgan fingerprint density at radius 3 is 2.88 bits per heavy atom. The van der Waals surface area contributed by atoms with Gasteiger partial charge in [0.2, 0.25) is 0 Å². The Hall–Kier alpha value is -1.62. The van der Waals surface area contributed by atoms with Crippen LogP contribution in [-0.2, 0) is 0 Å². The van der Waals surface area contributed by atoms with Crippen LogP contribution < -0.4 is 15.8 Å². The predicted octanol–water partition coefficient (Wildman–Crippen LogP) is 0.228. The van der Waals surface area contributed by atoms with Gasteiger partial charge in [0.1, 0.15) is 17.5 Å². The van der Waals surface area contributed by atoms with Crippen LogP contribution in [0.25, 0.3) is 0 Å². The third kappa shape index (κ3) is 1.99. The fourth-order valence-electron chi connectivity index (χ4n) is 1.64. The SMILES string of the molecule is Cc1cc(O[C@H]2CN[C@@H]2C)cnc1C(N)=O. The van der Waals surface area contributed by atoms with Gasteiger partial charge in [0.05, 0.1) is 6.20 Å². The summed E-state index contributed by atoms with van der Waals surface area (Å²) in [6.07, 6.45) is 1.72. The second kappa shape index (κ2) is 4.09. The number of aryl methyl sites for hydroxylation is 1. The maximum atomic E-state index is 11.0. The van der Waals surface area contributed by atoms with Crippen molar-refractivity contribution in [3.63, 3.8) is 0 Å². The van der Waals surface area contributed by atoms with E-state index in [2.05, 4.69) is 17.2 Å². The molecule has 0 aromatic carbocycles. The molecule has 0 radical (unpaired) electrons. The molecule has 0 unspecified atom stereocenters. The highest BCUT2D eigenvalue weighted by atomic mass is 16.5. The van der Waals surface area contributed by atoms with Gasteiger partial charge in [0.15, 0.2) is 0 Å². The molecule has 1 aromatic rings. The van der Waals surface area contributed by atoms with Gasteiger partial charge < -0.3 is 15.8 Å². The normalized spacial score (nSPS) is 23.6. The van der Waals surface area contributed by atoms with Gasteiger partial charge in [-0.3, -0.25) is 4.79 Å². The van der Waals surface area contributed by atoms with Gasteiger partial charge in [-0.25, -0.2) is 4.98 Å². The van der Waals surface area contributed by atoms with Crippen LogP contribution in [0.3, 0.4) is 0 Å². The molecule has 2 heterocycles. The van der Waals surface area contributed by atoms with Crippen molar-refractivity contribution in [2.24, 2.45) is 5.73 Å². The number of amides is 1. The van der Waals surface area contributed by atoms with Gasteiger partial charge in [0, 0.05) is 12.6 Å². The second-order valence-electron chi connectivity index (χ2n) is 4.05. The van der Waals surface area contributed by atoms with Crippen LogP contribution in [0.4, 0.5) is 0 Å². The van der Waals surface area contributed by atoms with Crippen molar-refractivity contribution in [2.75, 3.05) is 6.54 Å². The zero-order chi connectivity index (χ0) is 11.7. The number of rotatable bonds is 3. The van der Waals surface area contributed by atoms with Crippen molar-refractivity contribution in [3.8, 4) is 5.75 Å². The average Bonchev–Trinajstić information content (AvgIpc) is 2.23. The Kier molecular flexibility index (Phi) is 2.78. The second-order valence-corrected chi connectivity index (χ2v) is 4.05. The third-order valence-corrected chi connectivity index (χ3v) is 2.77. The fourth-order valence-corrected chi connectivity index (χ4v) is 1.64. The molecule has 1 aromatic heterocycles. The van der Waals surface area contributed by atoms with E-state index in [0.29, 0.717) is 17.5 Å². The first-order valence-corrected chi connectivity index (χ1v) is 5.24. The van der Waals surface area contributed by atoms with Crippen LogP contribution in [0.2, 0.25) is 0 Å². The van der Waals surface area contributed by atoms with Crippen LogP contribution in [0, 0.1) is 6.92 Å². The largest absolute Gasteiger partial charge is 0.486 e. The summed E-state index contributed by atoms with van der Waals surface area (Å²) >= 11 is 0. The highest BCUT2D eigenvalue weighted by Crippen LogP contribution is 2.18. The molecular formula is C11H15N3O2. The standard InChI is InChI=1S/C11H15N3O2/c1-6-3-8(4-14-10(6)11(12)15)16-9-5-13-7(9)2/h3-4,7,9,13H,5H2,1-2H3,(H2,12,15)/t7-,9+/m1/s1. The molecule has 1 amide bonds. The summed E-state index contributed by atoms with van der Waals surface area (Å²) in [7, 11) is 0. The van der Waals surface area contributed by atoms with Crippen molar-refractivity contribution in [2.45, 2.75) is 26.0 Å². The van der Waals surface area contributed by atoms with Crippen LogP contribution in [-0.4, -0.2) is 29.6 Å². The number of aromatic nitrogens is 1. The number of hydrogen-bond donors (Lipinski definition) is 2. The summed E-state index contributed by atoms with van der Waals surface area (Å²) in [6, 6.07) is 2.15. The number of nitrogens with zero attached hydrogens (tertiary/aromatic N) is 1. The molecule has 0 bridgehead atoms. The van der Waals surface area contributed by atoms with Crippen molar-refractivity contribution < 1.29 is 9.53 Å². The lowest BCUT2D eigenvalue weighted by molar-refractivity contribution is 0.0931. The van der Waals surface area contributed by atoms with Gasteiger partial charge in [-0.2, -0.15) is 0 Å².